The van der Waals surface area contributed by atoms with Crippen LogP contribution in [0.5, 0.6) is 0 Å². The highest BCUT2D eigenvalue weighted by Crippen LogP contribution is 2.39. The number of benzene rings is 1. The van der Waals surface area contributed by atoms with E-state index in [1.165, 1.54) is 12.1 Å². The summed E-state index contributed by atoms with van der Waals surface area (Å²) in [6.07, 6.45) is 2.32. The molecule has 1 aliphatic rings. The zero-order valence-corrected chi connectivity index (χ0v) is 12.3. The summed E-state index contributed by atoms with van der Waals surface area (Å²) in [5, 5.41) is 3.25. The maximum Gasteiger partial charge on any atom is 0.138 e. The maximum absolute atomic E-state index is 13.0. The van der Waals surface area contributed by atoms with Gasteiger partial charge in [-0.2, -0.15) is 0 Å². The highest BCUT2D eigenvalue weighted by Gasteiger charge is 2.27. The lowest BCUT2D eigenvalue weighted by Crippen LogP contribution is -2.14. The third-order valence-corrected chi connectivity index (χ3v) is 3.59. The molecule has 2 aromatic rings. The number of rotatable bonds is 5. The van der Waals surface area contributed by atoms with Gasteiger partial charge in [-0.25, -0.2) is 14.4 Å². The minimum Gasteiger partial charge on any atom is -0.370 e. The molecule has 0 bridgehead atoms. The molecular weight excluding hydrogens is 267 g/mol. The van der Waals surface area contributed by atoms with Crippen LogP contribution in [0.25, 0.3) is 0 Å². The Morgan fingerprint density at radius 3 is 2.57 bits per heavy atom. The van der Waals surface area contributed by atoms with Crippen molar-refractivity contribution >= 4 is 17.3 Å². The van der Waals surface area contributed by atoms with Crippen molar-refractivity contribution in [3.8, 4) is 0 Å². The second kappa shape index (κ2) is 5.68. The van der Waals surface area contributed by atoms with Gasteiger partial charge in [-0.15, -0.1) is 0 Å². The molecule has 0 aliphatic heterocycles. The molecule has 1 heterocycles. The number of hydrogen-bond acceptors (Lipinski definition) is 4. The average Bonchev–Trinajstić information content (AvgIpc) is 3.32. The molecule has 1 aromatic heterocycles. The lowest BCUT2D eigenvalue weighted by Gasteiger charge is -2.20. The molecule has 5 heteroatoms. The standard InChI is InChI=1S/C16H19FN4/c1-3-18-14-10-15(20-16(19-14)11-4-5-11)21(2)13-8-6-12(17)7-9-13/h6-11H,3-5H2,1-2H3,(H,18,19,20). The predicted octanol–water partition coefficient (Wildman–Crippen LogP) is 3.69. The van der Waals surface area contributed by atoms with Gasteiger partial charge in [-0.05, 0) is 44.0 Å². The lowest BCUT2D eigenvalue weighted by atomic mass is 10.3. The second-order valence-corrected chi connectivity index (χ2v) is 5.31. The Bertz CT molecular complexity index is 623. The number of anilines is 3. The summed E-state index contributed by atoms with van der Waals surface area (Å²) in [4.78, 5) is 11.2. The monoisotopic (exact) mass is 286 g/mol. The van der Waals surface area contributed by atoms with Crippen molar-refractivity contribution in [1.29, 1.82) is 0 Å². The number of hydrogen-bond donors (Lipinski definition) is 1. The van der Waals surface area contributed by atoms with Crippen LogP contribution in [0.15, 0.2) is 30.3 Å². The Labute approximate surface area is 124 Å². The third kappa shape index (κ3) is 3.12. The summed E-state index contributed by atoms with van der Waals surface area (Å²) in [6.45, 7) is 2.86. The van der Waals surface area contributed by atoms with Crippen LogP contribution in [0.1, 0.15) is 31.5 Å². The second-order valence-electron chi connectivity index (χ2n) is 5.31. The molecule has 4 nitrogen and oxygen atoms in total. The maximum atomic E-state index is 13.0. The molecule has 0 saturated heterocycles. The summed E-state index contributed by atoms with van der Waals surface area (Å²) in [7, 11) is 1.93. The van der Waals surface area contributed by atoms with Crippen molar-refractivity contribution in [2.75, 3.05) is 23.8 Å². The molecule has 0 spiro atoms. The van der Waals surface area contributed by atoms with Gasteiger partial charge in [0, 0.05) is 31.3 Å². The summed E-state index contributed by atoms with van der Waals surface area (Å²) >= 11 is 0. The van der Waals surface area contributed by atoms with Crippen LogP contribution >= 0.6 is 0 Å². The zero-order valence-electron chi connectivity index (χ0n) is 12.3. The molecule has 1 aromatic carbocycles. The Kier molecular flexibility index (Phi) is 3.73. The Hall–Kier alpha value is -2.17. The van der Waals surface area contributed by atoms with E-state index in [2.05, 4.69) is 15.3 Å². The van der Waals surface area contributed by atoms with Crippen LogP contribution in [0.2, 0.25) is 0 Å². The van der Waals surface area contributed by atoms with E-state index in [0.29, 0.717) is 5.92 Å². The van der Waals surface area contributed by atoms with Gasteiger partial charge in [0.15, 0.2) is 0 Å². The van der Waals surface area contributed by atoms with Gasteiger partial charge in [0.25, 0.3) is 0 Å². The molecule has 0 amide bonds. The van der Waals surface area contributed by atoms with E-state index in [0.717, 1.165) is 42.5 Å². The smallest absolute Gasteiger partial charge is 0.138 e. The predicted molar refractivity (Wildman–Crippen MR) is 82.6 cm³/mol. The van der Waals surface area contributed by atoms with Gasteiger partial charge >= 0.3 is 0 Å². The third-order valence-electron chi connectivity index (χ3n) is 3.59. The molecule has 21 heavy (non-hydrogen) atoms. The summed E-state index contributed by atoms with van der Waals surface area (Å²) < 4.78 is 13.0. The fourth-order valence-corrected chi connectivity index (χ4v) is 2.22. The Balaban J connectivity index is 1.93. The molecule has 1 fully saturated rings. The van der Waals surface area contributed by atoms with E-state index in [9.17, 15) is 4.39 Å². The SMILES string of the molecule is CCNc1cc(N(C)c2ccc(F)cc2)nc(C2CC2)n1. The first-order chi connectivity index (χ1) is 10.2. The van der Waals surface area contributed by atoms with Crippen LogP contribution in [0, 0.1) is 5.82 Å². The van der Waals surface area contributed by atoms with Crippen LogP contribution in [-0.2, 0) is 0 Å². The quantitative estimate of drug-likeness (QED) is 0.910. The molecule has 110 valence electrons. The number of aromatic nitrogens is 2. The van der Waals surface area contributed by atoms with Gasteiger partial charge in [0.2, 0.25) is 0 Å². The van der Waals surface area contributed by atoms with E-state index in [4.69, 9.17) is 0 Å². The van der Waals surface area contributed by atoms with Crippen molar-refractivity contribution in [1.82, 2.24) is 9.97 Å². The van der Waals surface area contributed by atoms with Gasteiger partial charge in [-0.3, -0.25) is 0 Å². The first-order valence-corrected chi connectivity index (χ1v) is 7.29. The van der Waals surface area contributed by atoms with E-state index in [1.54, 1.807) is 12.1 Å². The molecular formula is C16H19FN4. The first kappa shape index (κ1) is 13.8. The normalized spacial score (nSPS) is 14.0. The summed E-state index contributed by atoms with van der Waals surface area (Å²) in [5.41, 5.74) is 0.902. The Morgan fingerprint density at radius 1 is 1.24 bits per heavy atom. The number of halogens is 1. The van der Waals surface area contributed by atoms with E-state index in [1.807, 2.05) is 24.9 Å². The zero-order chi connectivity index (χ0) is 14.8. The minimum atomic E-state index is -0.234. The number of nitrogens with one attached hydrogen (secondary N) is 1. The van der Waals surface area contributed by atoms with Gasteiger partial charge in [0.05, 0.1) is 0 Å². The van der Waals surface area contributed by atoms with E-state index < -0.39 is 0 Å². The molecule has 0 radical (unpaired) electrons. The van der Waals surface area contributed by atoms with Crippen LogP contribution in [0.3, 0.4) is 0 Å². The van der Waals surface area contributed by atoms with Crippen molar-refractivity contribution in [2.24, 2.45) is 0 Å². The van der Waals surface area contributed by atoms with E-state index >= 15 is 0 Å². The van der Waals surface area contributed by atoms with Crippen molar-refractivity contribution < 1.29 is 4.39 Å². The summed E-state index contributed by atoms with van der Waals surface area (Å²) in [5.74, 6) is 2.83. The highest BCUT2D eigenvalue weighted by atomic mass is 19.1. The average molecular weight is 286 g/mol. The molecule has 1 aliphatic carbocycles. The molecule has 1 N–H and O–H groups in total. The molecule has 1 saturated carbocycles. The van der Waals surface area contributed by atoms with Gasteiger partial charge < -0.3 is 10.2 Å². The minimum absolute atomic E-state index is 0.234. The molecule has 0 atom stereocenters. The molecule has 0 unspecified atom stereocenters. The molecule has 3 rings (SSSR count). The lowest BCUT2D eigenvalue weighted by molar-refractivity contribution is 0.628. The summed E-state index contributed by atoms with van der Waals surface area (Å²) in [6, 6.07) is 8.35. The van der Waals surface area contributed by atoms with Gasteiger partial charge in [-0.1, -0.05) is 0 Å². The first-order valence-electron chi connectivity index (χ1n) is 7.29. The van der Waals surface area contributed by atoms with Crippen LogP contribution < -0.4 is 10.2 Å². The van der Waals surface area contributed by atoms with Crippen molar-refractivity contribution in [2.45, 2.75) is 25.7 Å². The fourth-order valence-electron chi connectivity index (χ4n) is 2.22. The van der Waals surface area contributed by atoms with Crippen LogP contribution in [0.4, 0.5) is 21.7 Å². The highest BCUT2D eigenvalue weighted by molar-refractivity contribution is 5.61. The largest absolute Gasteiger partial charge is 0.370 e. The number of nitrogens with zero attached hydrogens (tertiary/aromatic N) is 3. The fraction of sp³-hybridized carbons (Fsp3) is 0.375. The van der Waals surface area contributed by atoms with Crippen molar-refractivity contribution in [3.63, 3.8) is 0 Å². The van der Waals surface area contributed by atoms with Crippen LogP contribution in [-0.4, -0.2) is 23.6 Å². The topological polar surface area (TPSA) is 41.0 Å². The van der Waals surface area contributed by atoms with Gasteiger partial charge in [0.1, 0.15) is 23.3 Å². The van der Waals surface area contributed by atoms with E-state index in [-0.39, 0.29) is 5.82 Å². The Morgan fingerprint density at radius 2 is 1.95 bits per heavy atom. The van der Waals surface area contributed by atoms with Crippen molar-refractivity contribution in [3.05, 3.63) is 42.0 Å².